The van der Waals surface area contributed by atoms with Gasteiger partial charge in [0.15, 0.2) is 11.5 Å². The number of benzene rings is 1. The molecule has 6 heteroatoms. The standard InChI is InChI=1S/C13H18N2O3S/c1-3-8(6-19-2)15-13(16)9-4-11-12(5-10(9)14)18-7-17-11/h4-5,8H,3,6-7,14H2,1-2H3,(H,15,16). The largest absolute Gasteiger partial charge is 0.454 e. The first-order chi connectivity index (χ1) is 9.15. The van der Waals surface area contributed by atoms with E-state index < -0.39 is 0 Å². The summed E-state index contributed by atoms with van der Waals surface area (Å²) in [6.07, 6.45) is 2.90. The molecule has 1 heterocycles. The van der Waals surface area contributed by atoms with Crippen LogP contribution >= 0.6 is 11.8 Å². The van der Waals surface area contributed by atoms with Crippen molar-refractivity contribution in [1.29, 1.82) is 0 Å². The smallest absolute Gasteiger partial charge is 0.253 e. The highest BCUT2D eigenvalue weighted by atomic mass is 32.2. The van der Waals surface area contributed by atoms with Crippen molar-refractivity contribution >= 4 is 23.4 Å². The van der Waals surface area contributed by atoms with Crippen LogP contribution in [0.15, 0.2) is 12.1 Å². The van der Waals surface area contributed by atoms with Gasteiger partial charge in [-0.05, 0) is 18.7 Å². The molecule has 5 nitrogen and oxygen atoms in total. The van der Waals surface area contributed by atoms with E-state index in [-0.39, 0.29) is 18.7 Å². The molecule has 1 aliphatic rings. The third kappa shape index (κ3) is 3.07. The Hall–Kier alpha value is -1.56. The summed E-state index contributed by atoms with van der Waals surface area (Å²) >= 11 is 1.71. The molecule has 1 aliphatic heterocycles. The second-order valence-corrected chi connectivity index (χ2v) is 5.24. The first-order valence-electron chi connectivity index (χ1n) is 6.14. The summed E-state index contributed by atoms with van der Waals surface area (Å²) in [5.74, 6) is 1.87. The molecule has 0 spiro atoms. The zero-order valence-corrected chi connectivity index (χ0v) is 11.9. The number of rotatable bonds is 5. The number of nitrogen functional groups attached to an aromatic ring is 1. The highest BCUT2D eigenvalue weighted by Gasteiger charge is 2.20. The van der Waals surface area contributed by atoms with Crippen LogP contribution in [-0.2, 0) is 0 Å². The van der Waals surface area contributed by atoms with E-state index in [0.717, 1.165) is 12.2 Å². The molecule has 1 atom stereocenters. The van der Waals surface area contributed by atoms with Crippen LogP contribution in [-0.4, -0.2) is 30.8 Å². The fourth-order valence-electron chi connectivity index (χ4n) is 1.88. The molecule has 1 unspecified atom stereocenters. The zero-order valence-electron chi connectivity index (χ0n) is 11.1. The van der Waals surface area contributed by atoms with Crippen molar-refractivity contribution in [3.63, 3.8) is 0 Å². The molecule has 0 aromatic heterocycles. The van der Waals surface area contributed by atoms with Gasteiger partial charge >= 0.3 is 0 Å². The lowest BCUT2D eigenvalue weighted by molar-refractivity contribution is 0.0940. The van der Waals surface area contributed by atoms with Crippen LogP contribution in [0.3, 0.4) is 0 Å². The zero-order chi connectivity index (χ0) is 13.8. The molecule has 0 saturated carbocycles. The number of nitrogens with two attached hydrogens (primary N) is 1. The predicted octanol–water partition coefficient (Wildman–Crippen LogP) is 1.87. The number of amides is 1. The minimum absolute atomic E-state index is 0.146. The molecule has 2 rings (SSSR count). The van der Waals surface area contributed by atoms with Gasteiger partial charge in [0, 0.05) is 23.5 Å². The molecule has 0 radical (unpaired) electrons. The van der Waals surface area contributed by atoms with E-state index >= 15 is 0 Å². The number of ether oxygens (including phenoxy) is 2. The summed E-state index contributed by atoms with van der Waals surface area (Å²) in [4.78, 5) is 12.2. The van der Waals surface area contributed by atoms with Crippen molar-refractivity contribution in [1.82, 2.24) is 5.32 Å². The summed E-state index contributed by atoms with van der Waals surface area (Å²) in [7, 11) is 0. The molecule has 1 aromatic rings. The Bertz CT molecular complexity index is 479. The Kier molecular flexibility index (Phi) is 4.42. The molecule has 0 aliphatic carbocycles. The van der Waals surface area contributed by atoms with Gasteiger partial charge in [-0.1, -0.05) is 6.92 Å². The van der Waals surface area contributed by atoms with Crippen LogP contribution in [0.2, 0.25) is 0 Å². The number of carbonyl (C=O) groups is 1. The number of hydrogen-bond donors (Lipinski definition) is 2. The van der Waals surface area contributed by atoms with Crippen LogP contribution < -0.4 is 20.5 Å². The summed E-state index contributed by atoms with van der Waals surface area (Å²) < 4.78 is 10.5. The fourth-order valence-corrected chi connectivity index (χ4v) is 2.60. The highest BCUT2D eigenvalue weighted by Crippen LogP contribution is 2.35. The Labute approximate surface area is 116 Å². The van der Waals surface area contributed by atoms with Crippen molar-refractivity contribution in [2.24, 2.45) is 0 Å². The molecule has 1 aromatic carbocycles. The summed E-state index contributed by atoms with van der Waals surface area (Å²) in [5.41, 5.74) is 6.72. The quantitative estimate of drug-likeness (QED) is 0.807. The molecule has 3 N–H and O–H groups in total. The maximum absolute atomic E-state index is 12.2. The van der Waals surface area contributed by atoms with E-state index in [1.165, 1.54) is 0 Å². The predicted molar refractivity (Wildman–Crippen MR) is 76.9 cm³/mol. The maximum Gasteiger partial charge on any atom is 0.253 e. The van der Waals surface area contributed by atoms with Gasteiger partial charge in [0.1, 0.15) is 0 Å². The molecular formula is C13H18N2O3S. The number of nitrogens with one attached hydrogen (secondary N) is 1. The van der Waals surface area contributed by atoms with Crippen LogP contribution in [0.1, 0.15) is 23.7 Å². The average molecular weight is 282 g/mol. The average Bonchev–Trinajstić information content (AvgIpc) is 2.84. The molecule has 0 bridgehead atoms. The Morgan fingerprint density at radius 3 is 2.79 bits per heavy atom. The fraction of sp³-hybridized carbons (Fsp3) is 0.462. The van der Waals surface area contributed by atoms with Crippen molar-refractivity contribution in [3.8, 4) is 11.5 Å². The van der Waals surface area contributed by atoms with Gasteiger partial charge < -0.3 is 20.5 Å². The lowest BCUT2D eigenvalue weighted by atomic mass is 10.1. The minimum Gasteiger partial charge on any atom is -0.454 e. The molecule has 1 amide bonds. The Morgan fingerprint density at radius 1 is 1.47 bits per heavy atom. The van der Waals surface area contributed by atoms with E-state index in [9.17, 15) is 4.79 Å². The third-order valence-electron chi connectivity index (χ3n) is 2.99. The number of hydrogen-bond acceptors (Lipinski definition) is 5. The van der Waals surface area contributed by atoms with E-state index in [4.69, 9.17) is 15.2 Å². The van der Waals surface area contributed by atoms with Crippen molar-refractivity contribution < 1.29 is 14.3 Å². The van der Waals surface area contributed by atoms with Gasteiger partial charge in [-0.25, -0.2) is 0 Å². The molecule has 0 saturated heterocycles. The van der Waals surface area contributed by atoms with Gasteiger partial charge in [0.05, 0.1) is 5.56 Å². The summed E-state index contributed by atoms with van der Waals surface area (Å²) in [5, 5.41) is 2.98. The van der Waals surface area contributed by atoms with Gasteiger partial charge in [-0.3, -0.25) is 4.79 Å². The lowest BCUT2D eigenvalue weighted by Gasteiger charge is -2.16. The van der Waals surface area contributed by atoms with Crippen LogP contribution in [0, 0.1) is 0 Å². The normalized spacial score (nSPS) is 14.2. The van der Waals surface area contributed by atoms with Crippen LogP contribution in [0.4, 0.5) is 5.69 Å². The van der Waals surface area contributed by atoms with Crippen molar-refractivity contribution in [2.75, 3.05) is 24.5 Å². The number of thioether (sulfide) groups is 1. The van der Waals surface area contributed by atoms with Gasteiger partial charge in [0.25, 0.3) is 5.91 Å². The van der Waals surface area contributed by atoms with Gasteiger partial charge in [-0.2, -0.15) is 11.8 Å². The van der Waals surface area contributed by atoms with Crippen molar-refractivity contribution in [3.05, 3.63) is 17.7 Å². The molecule has 104 valence electrons. The summed E-state index contributed by atoms with van der Waals surface area (Å²) in [6.45, 7) is 2.22. The van der Waals surface area contributed by atoms with Gasteiger partial charge in [-0.15, -0.1) is 0 Å². The number of fused-ring (bicyclic) bond motifs is 1. The molecule has 19 heavy (non-hydrogen) atoms. The minimum atomic E-state index is -0.170. The van der Waals surface area contributed by atoms with Crippen LogP contribution in [0.5, 0.6) is 11.5 Å². The van der Waals surface area contributed by atoms with Gasteiger partial charge in [0.2, 0.25) is 6.79 Å². The first-order valence-corrected chi connectivity index (χ1v) is 7.54. The van der Waals surface area contributed by atoms with E-state index in [2.05, 4.69) is 5.32 Å². The maximum atomic E-state index is 12.2. The third-order valence-corrected chi connectivity index (χ3v) is 3.72. The van der Waals surface area contributed by atoms with Crippen LogP contribution in [0.25, 0.3) is 0 Å². The van der Waals surface area contributed by atoms with E-state index in [1.54, 1.807) is 23.9 Å². The number of carbonyl (C=O) groups excluding carboxylic acids is 1. The SMILES string of the molecule is CCC(CSC)NC(=O)c1cc2c(cc1N)OCO2. The van der Waals surface area contributed by atoms with E-state index in [0.29, 0.717) is 22.7 Å². The lowest BCUT2D eigenvalue weighted by Crippen LogP contribution is -2.36. The Balaban J connectivity index is 2.15. The monoisotopic (exact) mass is 282 g/mol. The van der Waals surface area contributed by atoms with E-state index in [1.807, 2.05) is 13.2 Å². The number of anilines is 1. The Morgan fingerprint density at radius 2 is 2.16 bits per heavy atom. The first kappa shape index (κ1) is 13.9. The molecular weight excluding hydrogens is 264 g/mol. The second kappa shape index (κ2) is 6.06. The topological polar surface area (TPSA) is 73.6 Å². The van der Waals surface area contributed by atoms with Crippen molar-refractivity contribution in [2.45, 2.75) is 19.4 Å². The second-order valence-electron chi connectivity index (χ2n) is 4.33. The summed E-state index contributed by atoms with van der Waals surface area (Å²) in [6, 6.07) is 3.42. The molecule has 0 fully saturated rings. The highest BCUT2D eigenvalue weighted by molar-refractivity contribution is 7.98.